The van der Waals surface area contributed by atoms with Crippen molar-refractivity contribution >= 4 is 11.9 Å². The number of fused-ring (bicyclic) bond motifs is 1. The minimum absolute atomic E-state index is 0.144. The molecule has 0 bridgehead atoms. The zero-order chi connectivity index (χ0) is 12.5. The fraction of sp³-hybridized carbons (Fsp3) is 0.429. The van der Waals surface area contributed by atoms with Crippen molar-refractivity contribution < 1.29 is 14.3 Å². The molecule has 1 saturated heterocycles. The van der Waals surface area contributed by atoms with Gasteiger partial charge in [0, 0.05) is 12.5 Å². The number of carbonyl (C=O) groups excluding carboxylic acids is 2. The van der Waals surface area contributed by atoms with Crippen molar-refractivity contribution in [2.75, 3.05) is 6.54 Å². The first-order valence-electron chi connectivity index (χ1n) is 6.23. The summed E-state index contributed by atoms with van der Waals surface area (Å²) < 4.78 is 5.25. The third-order valence-corrected chi connectivity index (χ3v) is 3.56. The molecule has 2 fully saturated rings. The average Bonchev–Trinajstić information content (AvgIpc) is 3.15. The molecule has 2 aliphatic rings. The van der Waals surface area contributed by atoms with E-state index in [2.05, 4.69) is 0 Å². The van der Waals surface area contributed by atoms with Crippen LogP contribution in [0.4, 0.5) is 4.79 Å². The normalized spacial score (nSPS) is 25.6. The third kappa shape index (κ3) is 2.23. The number of piperidine rings is 1. The monoisotopic (exact) mass is 245 g/mol. The van der Waals surface area contributed by atoms with Crippen LogP contribution in [0.2, 0.25) is 0 Å². The maximum atomic E-state index is 11.9. The largest absolute Gasteiger partial charge is 0.445 e. The third-order valence-electron chi connectivity index (χ3n) is 3.56. The molecule has 1 aromatic rings. The summed E-state index contributed by atoms with van der Waals surface area (Å²) in [6, 6.07) is 9.80. The van der Waals surface area contributed by atoms with Gasteiger partial charge in [-0.2, -0.15) is 0 Å². The Kier molecular flexibility index (Phi) is 2.78. The van der Waals surface area contributed by atoms with Gasteiger partial charge in [0.1, 0.15) is 6.61 Å². The Morgan fingerprint density at radius 2 is 2.11 bits per heavy atom. The van der Waals surface area contributed by atoms with Crippen LogP contribution in [0.5, 0.6) is 0 Å². The first kappa shape index (κ1) is 11.3. The van der Waals surface area contributed by atoms with Crippen molar-refractivity contribution in [3.05, 3.63) is 35.9 Å². The molecular formula is C14H15NO3. The fourth-order valence-electron chi connectivity index (χ4n) is 2.50. The number of hydrogen-bond donors (Lipinski definition) is 0. The molecule has 94 valence electrons. The van der Waals surface area contributed by atoms with Gasteiger partial charge in [-0.3, -0.25) is 9.69 Å². The van der Waals surface area contributed by atoms with Gasteiger partial charge in [0.05, 0.1) is 6.54 Å². The van der Waals surface area contributed by atoms with Crippen LogP contribution in [0.15, 0.2) is 30.3 Å². The van der Waals surface area contributed by atoms with E-state index < -0.39 is 0 Å². The summed E-state index contributed by atoms with van der Waals surface area (Å²) in [5.74, 6) is 0.529. The predicted molar refractivity (Wildman–Crippen MR) is 64.9 cm³/mol. The number of nitrogens with zero attached hydrogens (tertiary/aromatic N) is 1. The highest BCUT2D eigenvalue weighted by molar-refractivity contribution is 5.86. The highest BCUT2D eigenvalue weighted by atomic mass is 16.6. The van der Waals surface area contributed by atoms with Crippen LogP contribution in [0.3, 0.4) is 0 Å². The van der Waals surface area contributed by atoms with Crippen LogP contribution in [0, 0.1) is 5.92 Å². The maximum Gasteiger partial charge on any atom is 0.410 e. The van der Waals surface area contributed by atoms with Gasteiger partial charge in [-0.05, 0) is 17.9 Å². The Balaban J connectivity index is 1.57. The number of rotatable bonds is 2. The van der Waals surface area contributed by atoms with Gasteiger partial charge in [0.2, 0.25) is 0 Å². The van der Waals surface area contributed by atoms with E-state index in [1.165, 1.54) is 0 Å². The second-order valence-corrected chi connectivity index (χ2v) is 4.97. The molecule has 1 saturated carbocycles. The number of likely N-dealkylation sites (tertiary alicyclic amines) is 1. The van der Waals surface area contributed by atoms with Crippen molar-refractivity contribution in [3.63, 3.8) is 0 Å². The summed E-state index contributed by atoms with van der Waals surface area (Å²) >= 11 is 0. The number of amides is 1. The van der Waals surface area contributed by atoms with Gasteiger partial charge in [-0.15, -0.1) is 0 Å². The lowest BCUT2D eigenvalue weighted by atomic mass is 10.1. The van der Waals surface area contributed by atoms with E-state index in [1.807, 2.05) is 30.3 Å². The lowest BCUT2D eigenvalue weighted by Gasteiger charge is -2.24. The lowest BCUT2D eigenvalue weighted by molar-refractivity contribution is -0.122. The quantitative estimate of drug-likeness (QED) is 0.800. The van der Waals surface area contributed by atoms with Crippen molar-refractivity contribution in [2.45, 2.75) is 25.5 Å². The summed E-state index contributed by atoms with van der Waals surface area (Å²) in [6.45, 7) is 0.483. The predicted octanol–water partition coefficient (Wildman–Crippen LogP) is 1.99. The molecule has 4 heteroatoms. The lowest BCUT2D eigenvalue weighted by Crippen LogP contribution is -2.41. The molecule has 0 N–H and O–H groups in total. The summed E-state index contributed by atoms with van der Waals surface area (Å²) in [4.78, 5) is 24.9. The number of Topliss-reactive ketones (excluding diaryl/α,β-unsaturated/α-hetero) is 1. The molecule has 1 amide bonds. The van der Waals surface area contributed by atoms with E-state index in [9.17, 15) is 9.59 Å². The van der Waals surface area contributed by atoms with E-state index in [0.29, 0.717) is 12.3 Å². The summed E-state index contributed by atoms with van der Waals surface area (Å²) in [6.07, 6.45) is 1.22. The molecule has 0 spiro atoms. The Morgan fingerprint density at radius 1 is 1.33 bits per heavy atom. The molecule has 2 unspecified atom stereocenters. The molecule has 1 aromatic carbocycles. The first-order valence-corrected chi connectivity index (χ1v) is 6.23. The fourth-order valence-corrected chi connectivity index (χ4v) is 2.50. The van der Waals surface area contributed by atoms with Crippen molar-refractivity contribution in [1.29, 1.82) is 0 Å². The molecule has 1 aliphatic carbocycles. The first-order chi connectivity index (χ1) is 8.74. The number of ether oxygens (including phenoxy) is 1. The average molecular weight is 245 g/mol. The van der Waals surface area contributed by atoms with Crippen LogP contribution >= 0.6 is 0 Å². The van der Waals surface area contributed by atoms with Crippen LogP contribution in [-0.2, 0) is 16.1 Å². The van der Waals surface area contributed by atoms with E-state index in [0.717, 1.165) is 12.0 Å². The number of benzene rings is 1. The zero-order valence-electron chi connectivity index (χ0n) is 10.0. The van der Waals surface area contributed by atoms with Crippen LogP contribution in [0.25, 0.3) is 0 Å². The summed E-state index contributed by atoms with van der Waals surface area (Å²) in [5, 5.41) is 0. The molecule has 1 heterocycles. The zero-order valence-corrected chi connectivity index (χ0v) is 10.0. The van der Waals surface area contributed by atoms with E-state index in [-0.39, 0.29) is 31.1 Å². The van der Waals surface area contributed by atoms with Crippen molar-refractivity contribution in [1.82, 2.24) is 4.90 Å². The number of hydrogen-bond acceptors (Lipinski definition) is 3. The molecule has 18 heavy (non-hydrogen) atoms. The Labute approximate surface area is 106 Å². The smallest absolute Gasteiger partial charge is 0.410 e. The van der Waals surface area contributed by atoms with Gasteiger partial charge in [-0.1, -0.05) is 30.3 Å². The molecule has 2 atom stereocenters. The van der Waals surface area contributed by atoms with Crippen LogP contribution < -0.4 is 0 Å². The Morgan fingerprint density at radius 3 is 2.89 bits per heavy atom. The summed E-state index contributed by atoms with van der Waals surface area (Å²) in [7, 11) is 0. The topological polar surface area (TPSA) is 46.6 Å². The van der Waals surface area contributed by atoms with Gasteiger partial charge < -0.3 is 4.74 Å². The van der Waals surface area contributed by atoms with Gasteiger partial charge in [-0.25, -0.2) is 4.79 Å². The van der Waals surface area contributed by atoms with E-state index >= 15 is 0 Å². The van der Waals surface area contributed by atoms with Gasteiger partial charge in [0.25, 0.3) is 0 Å². The van der Waals surface area contributed by atoms with Crippen molar-refractivity contribution in [3.8, 4) is 0 Å². The molecular weight excluding hydrogens is 230 g/mol. The minimum atomic E-state index is -0.362. The SMILES string of the molecule is O=C1CC2CC2N(C(=O)OCc2ccccc2)C1. The van der Waals surface area contributed by atoms with E-state index in [1.54, 1.807) is 4.90 Å². The second-order valence-electron chi connectivity index (χ2n) is 4.97. The highest BCUT2D eigenvalue weighted by Crippen LogP contribution is 2.42. The molecule has 3 rings (SSSR count). The highest BCUT2D eigenvalue weighted by Gasteiger charge is 2.49. The molecule has 0 aromatic heterocycles. The number of ketones is 1. The minimum Gasteiger partial charge on any atom is -0.445 e. The van der Waals surface area contributed by atoms with Gasteiger partial charge >= 0.3 is 6.09 Å². The number of carbonyl (C=O) groups is 2. The second kappa shape index (κ2) is 4.44. The molecule has 1 aliphatic heterocycles. The molecule has 4 nitrogen and oxygen atoms in total. The van der Waals surface area contributed by atoms with Crippen LogP contribution in [0.1, 0.15) is 18.4 Å². The Hall–Kier alpha value is -1.84. The Bertz CT molecular complexity index is 471. The van der Waals surface area contributed by atoms with Crippen LogP contribution in [-0.4, -0.2) is 29.4 Å². The standard InChI is InChI=1S/C14H15NO3/c16-12-6-11-7-13(11)15(8-12)14(17)18-9-10-4-2-1-3-5-10/h1-5,11,13H,6-9H2. The summed E-state index contributed by atoms with van der Waals surface area (Å²) in [5.41, 5.74) is 0.960. The molecule has 0 radical (unpaired) electrons. The van der Waals surface area contributed by atoms with Gasteiger partial charge in [0.15, 0.2) is 5.78 Å². The maximum absolute atomic E-state index is 11.9. The van der Waals surface area contributed by atoms with E-state index in [4.69, 9.17) is 4.74 Å². The van der Waals surface area contributed by atoms with Crippen molar-refractivity contribution in [2.24, 2.45) is 5.92 Å².